The summed E-state index contributed by atoms with van der Waals surface area (Å²) in [6, 6.07) is 0. The van der Waals surface area contributed by atoms with Crippen LogP contribution in [0.25, 0.3) is 0 Å². The van der Waals surface area contributed by atoms with Gasteiger partial charge in [0.2, 0.25) is 0 Å². The van der Waals surface area contributed by atoms with Gasteiger partial charge in [-0.05, 0) is 20.8 Å². The first kappa shape index (κ1) is 20.2. The summed E-state index contributed by atoms with van der Waals surface area (Å²) < 4.78 is 0. The molecule has 0 aromatic heterocycles. The normalized spacial score (nSPS) is 13.1. The van der Waals surface area contributed by atoms with Gasteiger partial charge in [-0.1, -0.05) is 11.6 Å². The van der Waals surface area contributed by atoms with Gasteiger partial charge in [-0.3, -0.25) is 0 Å². The fourth-order valence-electron chi connectivity index (χ4n) is 0. The van der Waals surface area contributed by atoms with Crippen molar-refractivity contribution in [2.45, 2.75) is 31.9 Å². The van der Waals surface area contributed by atoms with Gasteiger partial charge in [-0.15, -0.1) is 11.6 Å². The van der Waals surface area contributed by atoms with Gasteiger partial charge in [0.05, 0.1) is 5.88 Å². The number of rotatable bonds is 1. The van der Waals surface area contributed by atoms with Crippen LogP contribution >= 0.6 is 41.8 Å². The van der Waals surface area contributed by atoms with E-state index in [0.717, 1.165) is 0 Å². The van der Waals surface area contributed by atoms with E-state index in [0.29, 0.717) is 0 Å². The molecule has 0 rings (SSSR count). The monoisotopic (exact) mass is 306 g/mol. The van der Waals surface area contributed by atoms with Gasteiger partial charge in [-0.25, -0.2) is 0 Å². The van der Waals surface area contributed by atoms with Crippen LogP contribution in [0.4, 0.5) is 0 Å². The van der Waals surface area contributed by atoms with Crippen LogP contribution < -0.4 is 0 Å². The van der Waals surface area contributed by atoms with Gasteiger partial charge in [0.1, 0.15) is 5.06 Å². The second-order valence-corrected chi connectivity index (χ2v) is 6.10. The zero-order valence-electron chi connectivity index (χ0n) is 7.69. The molecule has 13 heavy (non-hydrogen) atoms. The molecule has 0 saturated carbocycles. The SMILES string of the molecule is CC(C)O.CC(O)(Cl)CCl.[Cl][Ti][Cl]. The summed E-state index contributed by atoms with van der Waals surface area (Å²) in [6.07, 6.45) is -0.167. The molecule has 0 radical (unpaired) electrons. The Bertz CT molecular complexity index is 84.4. The van der Waals surface area contributed by atoms with Gasteiger partial charge in [0.15, 0.2) is 0 Å². The number of alkyl halides is 2. The van der Waals surface area contributed by atoms with E-state index in [1.807, 2.05) is 0 Å². The average Bonchev–Trinajstić information content (AvgIpc) is 1.86. The number of aliphatic hydroxyl groups is 2. The predicted octanol–water partition coefficient (Wildman–Crippen LogP) is 2.94. The summed E-state index contributed by atoms with van der Waals surface area (Å²) in [5, 5.41) is 15.3. The Kier molecular flexibility index (Phi) is 21.5. The van der Waals surface area contributed by atoms with E-state index in [1.54, 1.807) is 13.8 Å². The van der Waals surface area contributed by atoms with E-state index in [4.69, 9.17) is 52.0 Å². The van der Waals surface area contributed by atoms with Crippen LogP contribution in [-0.4, -0.2) is 27.3 Å². The molecule has 7 heteroatoms. The molecule has 0 spiro atoms. The maximum absolute atomic E-state index is 8.46. The van der Waals surface area contributed by atoms with E-state index in [1.165, 1.54) is 6.92 Å². The quantitative estimate of drug-likeness (QED) is 0.577. The first-order valence-corrected chi connectivity index (χ1v) is 8.53. The Morgan fingerprint density at radius 2 is 1.46 bits per heavy atom. The van der Waals surface area contributed by atoms with Crippen molar-refractivity contribution in [1.29, 1.82) is 0 Å². The molecule has 1 unspecified atom stereocenters. The molecule has 1 atom stereocenters. The van der Waals surface area contributed by atoms with Gasteiger partial charge in [0, 0.05) is 6.10 Å². The van der Waals surface area contributed by atoms with Crippen molar-refractivity contribution in [3.8, 4) is 0 Å². The van der Waals surface area contributed by atoms with Crippen LogP contribution in [0.3, 0.4) is 0 Å². The second kappa shape index (κ2) is 13.8. The van der Waals surface area contributed by atoms with Crippen molar-refractivity contribution in [2.75, 3.05) is 5.88 Å². The molecular weight excluding hydrogens is 294 g/mol. The topological polar surface area (TPSA) is 40.5 Å². The maximum atomic E-state index is 8.46. The molecule has 0 aliphatic heterocycles. The molecule has 0 amide bonds. The van der Waals surface area contributed by atoms with Crippen molar-refractivity contribution in [3.05, 3.63) is 0 Å². The van der Waals surface area contributed by atoms with E-state index in [9.17, 15) is 0 Å². The van der Waals surface area contributed by atoms with Gasteiger partial charge in [-0.2, -0.15) is 0 Å². The summed E-state index contributed by atoms with van der Waals surface area (Å²) in [4.78, 5) is 0. The Labute approximate surface area is 106 Å². The molecule has 0 heterocycles. The minimum atomic E-state index is -1.22. The summed E-state index contributed by atoms with van der Waals surface area (Å²) in [6.45, 7) is 4.88. The van der Waals surface area contributed by atoms with Crippen LogP contribution in [-0.2, 0) is 17.0 Å². The van der Waals surface area contributed by atoms with Crippen LogP contribution in [0.15, 0.2) is 0 Å². The number of hydrogen-bond acceptors (Lipinski definition) is 2. The molecule has 0 bridgehead atoms. The molecule has 0 saturated heterocycles. The summed E-state index contributed by atoms with van der Waals surface area (Å²) in [5.74, 6) is 0.0640. The number of aliphatic hydroxyl groups excluding tert-OH is 1. The summed E-state index contributed by atoms with van der Waals surface area (Å²) >= 11 is 9.68. The number of halogens is 4. The zero-order chi connectivity index (χ0) is 11.5. The first-order chi connectivity index (χ1) is 5.71. The van der Waals surface area contributed by atoms with Crippen LogP contribution in [0.1, 0.15) is 20.8 Å². The molecule has 0 aromatic carbocycles. The van der Waals surface area contributed by atoms with E-state index in [2.05, 4.69) is 0 Å². The summed E-state index contributed by atoms with van der Waals surface area (Å²) in [7, 11) is 9.78. The van der Waals surface area contributed by atoms with Gasteiger partial charge >= 0.3 is 35.6 Å². The van der Waals surface area contributed by atoms with Crippen molar-refractivity contribution >= 4 is 41.8 Å². The molecule has 0 fully saturated rings. The van der Waals surface area contributed by atoms with Crippen molar-refractivity contribution in [2.24, 2.45) is 0 Å². The Morgan fingerprint density at radius 3 is 1.46 bits per heavy atom. The van der Waals surface area contributed by atoms with E-state index in [-0.39, 0.29) is 12.0 Å². The Morgan fingerprint density at radius 1 is 1.38 bits per heavy atom. The summed E-state index contributed by atoms with van der Waals surface area (Å²) in [5.41, 5.74) is 0. The number of hydrogen-bond donors (Lipinski definition) is 2. The third kappa shape index (κ3) is 83.5. The van der Waals surface area contributed by atoms with E-state index >= 15 is 0 Å². The Hall–Kier alpha value is 1.79. The van der Waals surface area contributed by atoms with Crippen molar-refractivity contribution in [1.82, 2.24) is 0 Å². The first-order valence-electron chi connectivity index (χ1n) is 3.32. The molecule has 2 nitrogen and oxygen atoms in total. The standard InChI is InChI=1S/C3H6Cl2O.C3H8O.2ClH.Ti/c1-3(5,6)2-4;1-3(2)4;;;/h6H,2H2,1H3;3-4H,1-2H3;2*1H;/q;;;;+2/p-2. The Balaban J connectivity index is -0.000000125. The predicted molar refractivity (Wildman–Crippen MR) is 56.3 cm³/mol. The molecule has 2 N–H and O–H groups in total. The molecule has 0 aliphatic carbocycles. The molecule has 0 aromatic rings. The fourth-order valence-corrected chi connectivity index (χ4v) is 0. The fraction of sp³-hybridized carbons (Fsp3) is 1.00. The van der Waals surface area contributed by atoms with Crippen LogP contribution in [0.2, 0.25) is 0 Å². The third-order valence-corrected chi connectivity index (χ3v) is 1.03. The second-order valence-electron chi connectivity index (χ2n) is 2.44. The van der Waals surface area contributed by atoms with Gasteiger partial charge in [0.25, 0.3) is 0 Å². The zero-order valence-corrected chi connectivity index (χ0v) is 12.3. The minimum absolute atomic E-state index is 0.0640. The van der Waals surface area contributed by atoms with E-state index < -0.39 is 22.1 Å². The van der Waals surface area contributed by atoms with Crippen molar-refractivity contribution < 1.29 is 27.2 Å². The van der Waals surface area contributed by atoms with Crippen molar-refractivity contribution in [3.63, 3.8) is 0 Å². The third-order valence-electron chi connectivity index (χ3n) is 0.244. The average molecular weight is 308 g/mol. The molecule has 82 valence electrons. The molecular formula is C6H14Cl4O2Ti. The molecule has 0 aliphatic rings. The van der Waals surface area contributed by atoms with Crippen LogP contribution in [0, 0.1) is 0 Å². The van der Waals surface area contributed by atoms with Crippen LogP contribution in [0.5, 0.6) is 0 Å². The van der Waals surface area contributed by atoms with Gasteiger partial charge < -0.3 is 10.2 Å².